The van der Waals surface area contributed by atoms with Crippen LogP contribution in [0.2, 0.25) is 0 Å². The Bertz CT molecular complexity index is 1420. The van der Waals surface area contributed by atoms with E-state index >= 15 is 0 Å². The van der Waals surface area contributed by atoms with Crippen LogP contribution in [0.4, 0.5) is 0 Å². The van der Waals surface area contributed by atoms with Crippen molar-refractivity contribution in [3.63, 3.8) is 0 Å². The molecule has 0 aliphatic carbocycles. The summed E-state index contributed by atoms with van der Waals surface area (Å²) in [6.07, 6.45) is 43.6. The van der Waals surface area contributed by atoms with Gasteiger partial charge in [0.2, 0.25) is 5.91 Å². The highest BCUT2D eigenvalue weighted by Gasteiger charge is 2.29. The summed E-state index contributed by atoms with van der Waals surface area (Å²) in [6, 6.07) is 0. The first-order valence-corrected chi connectivity index (χ1v) is 28.7. The van der Waals surface area contributed by atoms with Crippen molar-refractivity contribution < 1.29 is 23.9 Å². The summed E-state index contributed by atoms with van der Waals surface area (Å²) >= 11 is 1.64. The molecule has 0 saturated carbocycles. The number of amides is 2. The molecule has 8 nitrogen and oxygen atoms in total. The largest absolute Gasteiger partial charge is 0.465 e. The number of allylic oxidation sites excluding steroid dienone is 2. The van der Waals surface area contributed by atoms with E-state index in [2.05, 4.69) is 43.1 Å². The first kappa shape index (κ1) is 59.6. The Hall–Kier alpha value is -2.52. The average Bonchev–Trinajstić information content (AvgIpc) is 3.68. The normalized spacial score (nSPS) is 12.7. The molecule has 1 aliphatic heterocycles. The van der Waals surface area contributed by atoms with Crippen LogP contribution >= 0.6 is 11.3 Å². The second kappa shape index (κ2) is 40.4. The van der Waals surface area contributed by atoms with Crippen molar-refractivity contribution in [2.75, 3.05) is 40.3 Å². The molecule has 0 saturated heterocycles. The fourth-order valence-corrected chi connectivity index (χ4v) is 10.7. The van der Waals surface area contributed by atoms with Crippen molar-refractivity contribution in [2.24, 2.45) is 5.92 Å². The molecule has 1 aliphatic rings. The number of thiophene rings is 1. The van der Waals surface area contributed by atoms with Gasteiger partial charge in [-0.2, -0.15) is 0 Å². The molecular weight excluding hydrogens is 839 g/mol. The van der Waals surface area contributed by atoms with Gasteiger partial charge in [-0.25, -0.2) is 0 Å². The van der Waals surface area contributed by atoms with Gasteiger partial charge in [0.25, 0.3) is 5.91 Å². The number of ether oxygens (including phenoxy) is 1. The van der Waals surface area contributed by atoms with Crippen molar-refractivity contribution in [1.82, 2.24) is 15.1 Å². The predicted molar refractivity (Wildman–Crippen MR) is 281 cm³/mol. The van der Waals surface area contributed by atoms with E-state index in [0.29, 0.717) is 58.3 Å². The van der Waals surface area contributed by atoms with E-state index < -0.39 is 0 Å². The fourth-order valence-electron chi connectivity index (χ4n) is 9.30. The summed E-state index contributed by atoms with van der Waals surface area (Å²) < 4.78 is 5.84. The maximum Gasteiger partial charge on any atom is 0.308 e. The number of Topliss-reactive ketones (excluding diaryl/α,β-unsaturated/α-hetero) is 1. The van der Waals surface area contributed by atoms with E-state index in [9.17, 15) is 19.2 Å². The van der Waals surface area contributed by atoms with Crippen molar-refractivity contribution >= 4 is 34.9 Å². The molecule has 2 amide bonds. The maximum absolute atomic E-state index is 13.7. The minimum atomic E-state index is -0.0393. The molecule has 380 valence electrons. The van der Waals surface area contributed by atoms with Gasteiger partial charge in [-0.1, -0.05) is 161 Å². The second-order valence-corrected chi connectivity index (χ2v) is 21.1. The number of nitrogens with zero attached hydrogens (tertiary/aromatic N) is 2. The van der Waals surface area contributed by atoms with Gasteiger partial charge in [0.15, 0.2) is 0 Å². The van der Waals surface area contributed by atoms with E-state index in [4.69, 9.17) is 4.74 Å². The molecule has 2 heterocycles. The Labute approximate surface area is 410 Å². The number of carbonyl (C=O) groups is 4. The lowest BCUT2D eigenvalue weighted by Gasteiger charge is -2.27. The maximum atomic E-state index is 13.7. The number of nitrogens with one attached hydrogen (secondary N) is 1. The quantitative estimate of drug-likeness (QED) is 0.0398. The van der Waals surface area contributed by atoms with Crippen molar-refractivity contribution in [3.05, 3.63) is 33.0 Å². The number of hydrogen-bond donors (Lipinski definition) is 1. The fraction of sp³-hybridized carbons (Fsp3) is 0.825. The second-order valence-electron chi connectivity index (χ2n) is 19.9. The van der Waals surface area contributed by atoms with Crippen LogP contribution in [0, 0.1) is 5.92 Å². The van der Waals surface area contributed by atoms with Gasteiger partial charge < -0.3 is 19.9 Å². The Kier molecular flexibility index (Phi) is 36.5. The Morgan fingerprint density at radius 3 is 1.77 bits per heavy atom. The van der Waals surface area contributed by atoms with Gasteiger partial charge >= 0.3 is 5.97 Å². The summed E-state index contributed by atoms with van der Waals surface area (Å²) in [5, 5.41) is 3.17. The molecule has 1 N–H and O–H groups in total. The molecule has 9 heteroatoms. The number of fused-ring (bicyclic) bond motifs is 1. The van der Waals surface area contributed by atoms with Gasteiger partial charge in [-0.05, 0) is 110 Å². The minimum Gasteiger partial charge on any atom is -0.465 e. The highest BCUT2D eigenvalue weighted by molar-refractivity contribution is 7.12. The highest BCUT2D eigenvalue weighted by Crippen LogP contribution is 2.35. The SMILES string of the molecule is CCCCCCCC/C=C\CCCCCCCC(=O)CCc1sc2c(c1C(=O)NCCCN(C)C)CCN(C(=O)CCCCCOC(=O)C(CCCCCCCC)CCCCCCCC)C2. The van der Waals surface area contributed by atoms with Gasteiger partial charge in [-0.15, -0.1) is 11.3 Å². The molecule has 0 atom stereocenters. The van der Waals surface area contributed by atoms with Crippen molar-refractivity contribution in [2.45, 2.75) is 258 Å². The number of aryl methyl sites for hydroxylation is 1. The van der Waals surface area contributed by atoms with Crippen LogP contribution in [0.1, 0.15) is 265 Å². The van der Waals surface area contributed by atoms with Crippen LogP contribution in [-0.4, -0.2) is 73.7 Å². The number of unbranched alkanes of at least 4 members (excludes halogenated alkanes) is 23. The van der Waals surface area contributed by atoms with E-state index in [1.807, 2.05) is 19.0 Å². The minimum absolute atomic E-state index is 0.0165. The summed E-state index contributed by atoms with van der Waals surface area (Å²) in [6.45, 7) is 9.83. The number of hydrogen-bond acceptors (Lipinski definition) is 7. The molecule has 0 fully saturated rings. The van der Waals surface area contributed by atoms with Crippen molar-refractivity contribution in [1.29, 1.82) is 0 Å². The van der Waals surface area contributed by atoms with Crippen LogP contribution in [0.15, 0.2) is 12.2 Å². The average molecular weight is 941 g/mol. The summed E-state index contributed by atoms with van der Waals surface area (Å²) in [5.74, 6) is 0.391. The van der Waals surface area contributed by atoms with Gasteiger partial charge in [0.05, 0.1) is 24.6 Å². The van der Waals surface area contributed by atoms with E-state index in [1.54, 1.807) is 11.3 Å². The first-order chi connectivity index (χ1) is 32.2. The van der Waals surface area contributed by atoms with Gasteiger partial charge in [-0.3, -0.25) is 19.2 Å². The van der Waals surface area contributed by atoms with Crippen LogP contribution in [0.25, 0.3) is 0 Å². The molecule has 1 aromatic rings. The van der Waals surface area contributed by atoms with Crippen LogP contribution in [0.5, 0.6) is 0 Å². The topological polar surface area (TPSA) is 96.0 Å². The summed E-state index contributed by atoms with van der Waals surface area (Å²) in [4.78, 5) is 59.6. The molecule has 0 bridgehead atoms. The van der Waals surface area contributed by atoms with Crippen molar-refractivity contribution in [3.8, 4) is 0 Å². The monoisotopic (exact) mass is 940 g/mol. The third kappa shape index (κ3) is 28.7. The van der Waals surface area contributed by atoms with E-state index in [0.717, 1.165) is 98.1 Å². The zero-order valence-corrected chi connectivity index (χ0v) is 44.4. The Morgan fingerprint density at radius 2 is 1.18 bits per heavy atom. The van der Waals surface area contributed by atoms with E-state index in [1.165, 1.54) is 128 Å². The molecule has 0 radical (unpaired) electrons. The highest BCUT2D eigenvalue weighted by atomic mass is 32.1. The molecule has 0 unspecified atom stereocenters. The third-order valence-electron chi connectivity index (χ3n) is 13.6. The summed E-state index contributed by atoms with van der Waals surface area (Å²) in [7, 11) is 4.08. The van der Waals surface area contributed by atoms with Crippen LogP contribution < -0.4 is 5.32 Å². The van der Waals surface area contributed by atoms with Gasteiger partial charge in [0.1, 0.15) is 5.78 Å². The lowest BCUT2D eigenvalue weighted by atomic mass is 9.94. The zero-order valence-electron chi connectivity index (χ0n) is 43.6. The molecule has 2 rings (SSSR count). The zero-order chi connectivity index (χ0) is 47.9. The summed E-state index contributed by atoms with van der Waals surface area (Å²) in [5.41, 5.74) is 1.83. The predicted octanol–water partition coefficient (Wildman–Crippen LogP) is 15.1. The molecule has 0 spiro atoms. The third-order valence-corrected chi connectivity index (χ3v) is 14.8. The number of rotatable bonds is 44. The van der Waals surface area contributed by atoms with Gasteiger partial charge in [0, 0.05) is 42.1 Å². The first-order valence-electron chi connectivity index (χ1n) is 27.9. The lowest BCUT2D eigenvalue weighted by Crippen LogP contribution is -2.36. The number of ketones is 1. The number of carbonyl (C=O) groups excluding carboxylic acids is 4. The number of esters is 1. The van der Waals surface area contributed by atoms with Crippen LogP contribution in [-0.2, 0) is 38.5 Å². The van der Waals surface area contributed by atoms with Crippen LogP contribution in [0.3, 0.4) is 0 Å². The molecule has 0 aromatic carbocycles. The molecular formula is C57H101N3O5S. The molecule has 66 heavy (non-hydrogen) atoms. The molecule has 1 aromatic heterocycles. The lowest BCUT2D eigenvalue weighted by molar-refractivity contribution is -0.149. The Morgan fingerprint density at radius 1 is 0.652 bits per heavy atom. The standard InChI is InChI=1S/C57H101N3O5S/c1-6-9-12-15-18-19-20-21-22-23-24-25-26-29-33-39-50(61)41-42-52-55(56(63)58-44-36-45-59(4)5)51-43-46-60(48-53(51)66-52)54(62)40-34-30-35-47-65-57(64)49(37-31-27-16-13-10-7-2)38-32-28-17-14-11-8-3/h21-22,49H,6-20,23-48H2,1-5H3,(H,58,63)/b22-21-. The van der Waals surface area contributed by atoms with E-state index in [-0.39, 0.29) is 29.5 Å². The smallest absolute Gasteiger partial charge is 0.308 e. The Balaban J connectivity index is 1.80.